The highest BCUT2D eigenvalue weighted by molar-refractivity contribution is 6.00. The maximum absolute atomic E-state index is 12.2. The van der Waals surface area contributed by atoms with Crippen molar-refractivity contribution in [2.24, 2.45) is 0 Å². The van der Waals surface area contributed by atoms with Crippen LogP contribution in [0.2, 0.25) is 0 Å². The maximum Gasteiger partial charge on any atom is 0.344 e. The summed E-state index contributed by atoms with van der Waals surface area (Å²) in [7, 11) is 0. The van der Waals surface area contributed by atoms with Gasteiger partial charge in [0.15, 0.2) is 0 Å². The summed E-state index contributed by atoms with van der Waals surface area (Å²) in [6, 6.07) is 6.85. The molecule has 1 aromatic heterocycles. The number of fused-ring (bicyclic) bond motifs is 1. The number of benzene rings is 1. The summed E-state index contributed by atoms with van der Waals surface area (Å²) < 4.78 is 5.30. The van der Waals surface area contributed by atoms with E-state index >= 15 is 0 Å². The number of anilines is 1. The van der Waals surface area contributed by atoms with E-state index in [1.807, 2.05) is 19.9 Å². The number of nitrogens with zero attached hydrogens (tertiary/aromatic N) is 2. The maximum atomic E-state index is 12.2. The Labute approximate surface area is 149 Å². The molecule has 0 bridgehead atoms. The number of amides is 2. The number of rotatable bonds is 6. The van der Waals surface area contributed by atoms with Gasteiger partial charge in [-0.05, 0) is 32.0 Å². The largest absolute Gasteiger partial charge is 0.422 e. The lowest BCUT2D eigenvalue weighted by Gasteiger charge is -2.21. The first kappa shape index (κ1) is 18.1. The molecule has 1 N–H and O–H groups in total. The summed E-state index contributed by atoms with van der Waals surface area (Å²) >= 11 is 0. The van der Waals surface area contributed by atoms with Crippen molar-refractivity contribution in [3.05, 3.63) is 40.2 Å². The van der Waals surface area contributed by atoms with Gasteiger partial charge in [-0.25, -0.2) is 9.63 Å². The minimum atomic E-state index is -1.77. The third-order valence-corrected chi connectivity index (χ3v) is 4.35. The van der Waals surface area contributed by atoms with Crippen molar-refractivity contribution >= 4 is 28.5 Å². The first-order valence-corrected chi connectivity index (χ1v) is 8.48. The molecule has 2 heterocycles. The van der Waals surface area contributed by atoms with Gasteiger partial charge in [0.25, 0.3) is 11.8 Å². The van der Waals surface area contributed by atoms with E-state index in [2.05, 4.69) is 4.90 Å². The van der Waals surface area contributed by atoms with Gasteiger partial charge in [-0.3, -0.25) is 9.59 Å². The van der Waals surface area contributed by atoms with Crippen molar-refractivity contribution in [1.82, 2.24) is 5.06 Å². The average molecular weight is 360 g/mol. The molecule has 1 unspecified atom stereocenters. The van der Waals surface area contributed by atoms with Crippen LogP contribution in [0.3, 0.4) is 0 Å². The molecule has 1 aliphatic rings. The minimum Gasteiger partial charge on any atom is -0.422 e. The Balaban J connectivity index is 1.91. The highest BCUT2D eigenvalue weighted by atomic mass is 16.8. The van der Waals surface area contributed by atoms with Crippen LogP contribution < -0.4 is 10.5 Å². The van der Waals surface area contributed by atoms with Crippen molar-refractivity contribution in [3.8, 4) is 0 Å². The molecule has 1 aliphatic heterocycles. The normalized spacial score (nSPS) is 15.7. The molecule has 0 aliphatic carbocycles. The summed E-state index contributed by atoms with van der Waals surface area (Å²) in [5.74, 6) is -1.11. The molecule has 2 aromatic rings. The van der Waals surface area contributed by atoms with Gasteiger partial charge in [0.1, 0.15) is 5.58 Å². The van der Waals surface area contributed by atoms with Gasteiger partial charge in [-0.1, -0.05) is 0 Å². The molecule has 26 heavy (non-hydrogen) atoms. The van der Waals surface area contributed by atoms with Crippen LogP contribution in [0, 0.1) is 0 Å². The SMILES string of the molecule is CCN(CC)c1ccc2cc(C(O)ON3C(=O)CCC3=O)c(=O)oc2c1. The number of imide groups is 1. The fourth-order valence-electron chi connectivity index (χ4n) is 2.90. The van der Waals surface area contributed by atoms with Crippen LogP contribution in [0.25, 0.3) is 11.0 Å². The molecule has 1 saturated heterocycles. The van der Waals surface area contributed by atoms with Gasteiger partial charge in [0.05, 0.1) is 5.56 Å². The van der Waals surface area contributed by atoms with Crippen LogP contribution >= 0.6 is 0 Å². The van der Waals surface area contributed by atoms with Crippen LogP contribution in [0.15, 0.2) is 33.5 Å². The molecule has 1 fully saturated rings. The first-order chi connectivity index (χ1) is 12.4. The number of aliphatic hydroxyl groups is 1. The standard InChI is InChI=1S/C18H20N2O6/c1-3-19(4-2)12-6-5-11-9-13(17(23)25-14(11)10-12)18(24)26-20-15(21)7-8-16(20)22/h5-6,9-10,18,24H,3-4,7-8H2,1-2H3. The molecular weight excluding hydrogens is 340 g/mol. The Morgan fingerprint density at radius 2 is 1.81 bits per heavy atom. The summed E-state index contributed by atoms with van der Waals surface area (Å²) in [4.78, 5) is 42.4. The Kier molecular flexibility index (Phi) is 5.06. The molecule has 1 aromatic carbocycles. The Bertz CT molecular complexity index is 886. The predicted molar refractivity (Wildman–Crippen MR) is 93.2 cm³/mol. The number of hydrogen-bond acceptors (Lipinski definition) is 7. The lowest BCUT2D eigenvalue weighted by Crippen LogP contribution is -2.32. The molecule has 3 rings (SSSR count). The van der Waals surface area contributed by atoms with Gasteiger partial charge in [0.2, 0.25) is 6.29 Å². The molecular formula is C18H20N2O6. The minimum absolute atomic E-state index is 0.0199. The van der Waals surface area contributed by atoms with Gasteiger partial charge in [-0.2, -0.15) is 5.06 Å². The van der Waals surface area contributed by atoms with Crippen LogP contribution in [-0.4, -0.2) is 35.1 Å². The predicted octanol–water partition coefficient (Wildman–Crippen LogP) is 1.71. The number of aliphatic hydroxyl groups excluding tert-OH is 1. The number of carbonyl (C=O) groups excluding carboxylic acids is 2. The van der Waals surface area contributed by atoms with Gasteiger partial charge in [-0.15, -0.1) is 0 Å². The van der Waals surface area contributed by atoms with E-state index in [4.69, 9.17) is 9.25 Å². The van der Waals surface area contributed by atoms with Gasteiger partial charge in [0, 0.05) is 43.1 Å². The molecule has 0 spiro atoms. The second-order valence-electron chi connectivity index (χ2n) is 5.92. The van der Waals surface area contributed by atoms with E-state index in [1.165, 1.54) is 6.07 Å². The molecule has 1 atom stereocenters. The zero-order valence-corrected chi connectivity index (χ0v) is 14.6. The lowest BCUT2D eigenvalue weighted by molar-refractivity contribution is -0.248. The number of carbonyl (C=O) groups is 2. The zero-order valence-electron chi connectivity index (χ0n) is 14.6. The van der Waals surface area contributed by atoms with E-state index < -0.39 is 23.7 Å². The Hall–Kier alpha value is -2.71. The second-order valence-corrected chi connectivity index (χ2v) is 5.92. The molecule has 0 radical (unpaired) electrons. The fraction of sp³-hybridized carbons (Fsp3) is 0.389. The van der Waals surface area contributed by atoms with Gasteiger partial charge < -0.3 is 14.4 Å². The summed E-state index contributed by atoms with van der Waals surface area (Å²) in [6.45, 7) is 5.69. The van der Waals surface area contributed by atoms with Crippen LogP contribution in [-0.2, 0) is 14.4 Å². The van der Waals surface area contributed by atoms with Crippen LogP contribution in [0.5, 0.6) is 0 Å². The van der Waals surface area contributed by atoms with Crippen molar-refractivity contribution in [3.63, 3.8) is 0 Å². The fourth-order valence-corrected chi connectivity index (χ4v) is 2.90. The quantitative estimate of drug-likeness (QED) is 0.475. The second kappa shape index (κ2) is 7.27. The summed E-state index contributed by atoms with van der Waals surface area (Å²) in [5, 5.41) is 11.2. The van der Waals surface area contributed by atoms with Crippen LogP contribution in [0.1, 0.15) is 38.5 Å². The van der Waals surface area contributed by atoms with Crippen molar-refractivity contribution in [1.29, 1.82) is 0 Å². The van der Waals surface area contributed by atoms with Crippen molar-refractivity contribution in [2.75, 3.05) is 18.0 Å². The monoisotopic (exact) mass is 360 g/mol. The summed E-state index contributed by atoms with van der Waals surface area (Å²) in [5.41, 5.74) is 0.327. The lowest BCUT2D eigenvalue weighted by atomic mass is 10.1. The summed E-state index contributed by atoms with van der Waals surface area (Å²) in [6.07, 6.45) is -1.73. The zero-order chi connectivity index (χ0) is 18.8. The van der Waals surface area contributed by atoms with E-state index in [1.54, 1.807) is 12.1 Å². The highest BCUT2D eigenvalue weighted by Gasteiger charge is 2.33. The number of hydrogen-bond donors (Lipinski definition) is 1. The Morgan fingerprint density at radius 3 is 2.42 bits per heavy atom. The van der Waals surface area contributed by atoms with E-state index in [0.29, 0.717) is 16.0 Å². The molecule has 0 saturated carbocycles. The van der Waals surface area contributed by atoms with Crippen molar-refractivity contribution < 1.29 is 24.0 Å². The molecule has 8 nitrogen and oxygen atoms in total. The van der Waals surface area contributed by atoms with E-state index in [9.17, 15) is 19.5 Å². The number of hydroxylamine groups is 2. The smallest absolute Gasteiger partial charge is 0.344 e. The third-order valence-electron chi connectivity index (χ3n) is 4.35. The van der Waals surface area contributed by atoms with Crippen LogP contribution in [0.4, 0.5) is 5.69 Å². The Morgan fingerprint density at radius 1 is 1.15 bits per heavy atom. The highest BCUT2D eigenvalue weighted by Crippen LogP contribution is 2.25. The van der Waals surface area contributed by atoms with E-state index in [-0.39, 0.29) is 18.4 Å². The third kappa shape index (κ3) is 3.33. The van der Waals surface area contributed by atoms with Gasteiger partial charge >= 0.3 is 5.63 Å². The molecule has 138 valence electrons. The first-order valence-electron chi connectivity index (χ1n) is 8.48. The molecule has 8 heteroatoms. The average Bonchev–Trinajstić information content (AvgIpc) is 2.94. The van der Waals surface area contributed by atoms with E-state index in [0.717, 1.165) is 18.8 Å². The van der Waals surface area contributed by atoms with Crippen molar-refractivity contribution in [2.45, 2.75) is 33.0 Å². The molecule has 2 amide bonds. The topological polar surface area (TPSA) is 100 Å².